The lowest BCUT2D eigenvalue weighted by Gasteiger charge is -2.27. The van der Waals surface area contributed by atoms with Crippen LogP contribution in [-0.4, -0.2) is 17.6 Å². The molecule has 1 heterocycles. The van der Waals surface area contributed by atoms with Crippen molar-refractivity contribution >= 4 is 51.0 Å². The van der Waals surface area contributed by atoms with Crippen LogP contribution in [0.4, 0.5) is 22.7 Å². The summed E-state index contributed by atoms with van der Waals surface area (Å²) in [7, 11) is 0. The average Bonchev–Trinajstić information content (AvgIpc) is 2.90. The van der Waals surface area contributed by atoms with Crippen molar-refractivity contribution in [1.29, 1.82) is 0 Å². The summed E-state index contributed by atoms with van der Waals surface area (Å²) >= 11 is 6.35. The van der Waals surface area contributed by atoms with Crippen molar-refractivity contribution in [3.8, 4) is 5.75 Å². The number of carbonyl (C=O) groups is 1. The molecule has 148 valence electrons. The largest absolute Gasteiger partial charge is 0.508 e. The summed E-state index contributed by atoms with van der Waals surface area (Å²) < 4.78 is 0. The maximum atomic E-state index is 13.3. The van der Waals surface area contributed by atoms with Gasteiger partial charge in [0, 0.05) is 29.4 Å². The molecule has 1 N–H and O–H groups in total. The topological polar surface area (TPSA) is 43.8 Å². The Kier molecular flexibility index (Phi) is 4.57. The highest BCUT2D eigenvalue weighted by atomic mass is 35.5. The highest BCUT2D eigenvalue weighted by molar-refractivity contribution is 6.31. The van der Waals surface area contributed by atoms with Crippen molar-refractivity contribution < 1.29 is 9.90 Å². The van der Waals surface area contributed by atoms with Gasteiger partial charge in [0.25, 0.3) is 0 Å². The first-order valence-corrected chi connectivity index (χ1v) is 10.2. The number of hydrogen-bond acceptors (Lipinski definition) is 3. The molecule has 0 spiro atoms. The van der Waals surface area contributed by atoms with Crippen LogP contribution < -0.4 is 9.80 Å². The minimum absolute atomic E-state index is 0.0233. The normalized spacial score (nSPS) is 14.0. The molecule has 1 amide bonds. The number of carbonyl (C=O) groups excluding carboxylic acids is 1. The number of aromatic hydroxyl groups is 1. The molecule has 1 aliphatic heterocycles. The number of halogens is 1. The SMILES string of the molecule is O=C1CCN(c2ccc(O)cc2)c2cc(Cl)ccc2N1c1ccc2ccccc2c1. The van der Waals surface area contributed by atoms with Crippen LogP contribution in [0.3, 0.4) is 0 Å². The second-order valence-electron chi connectivity index (χ2n) is 7.31. The van der Waals surface area contributed by atoms with Crippen LogP contribution in [0.25, 0.3) is 10.8 Å². The third-order valence-electron chi connectivity index (χ3n) is 5.42. The van der Waals surface area contributed by atoms with Crippen LogP contribution in [-0.2, 0) is 4.79 Å². The van der Waals surface area contributed by atoms with E-state index in [1.807, 2.05) is 66.7 Å². The van der Waals surface area contributed by atoms with E-state index in [4.69, 9.17) is 11.6 Å². The number of amides is 1. The van der Waals surface area contributed by atoms with Crippen LogP contribution in [0, 0.1) is 0 Å². The van der Waals surface area contributed by atoms with Gasteiger partial charge in [-0.05, 0) is 65.4 Å². The third-order valence-corrected chi connectivity index (χ3v) is 5.66. The van der Waals surface area contributed by atoms with Crippen molar-refractivity contribution in [3.63, 3.8) is 0 Å². The van der Waals surface area contributed by atoms with Gasteiger partial charge in [-0.2, -0.15) is 0 Å². The number of anilines is 4. The van der Waals surface area contributed by atoms with Crippen molar-refractivity contribution in [2.75, 3.05) is 16.3 Å². The molecule has 0 fully saturated rings. The molecule has 0 unspecified atom stereocenters. The summed E-state index contributed by atoms with van der Waals surface area (Å²) in [5, 5.41) is 12.5. The fraction of sp³-hybridized carbons (Fsp3) is 0.0800. The lowest BCUT2D eigenvalue weighted by molar-refractivity contribution is -0.117. The predicted molar refractivity (Wildman–Crippen MR) is 122 cm³/mol. The monoisotopic (exact) mass is 414 g/mol. The van der Waals surface area contributed by atoms with Crippen LogP contribution in [0.5, 0.6) is 5.75 Å². The Morgan fingerprint density at radius 2 is 1.50 bits per heavy atom. The van der Waals surface area contributed by atoms with E-state index in [0.717, 1.165) is 33.5 Å². The van der Waals surface area contributed by atoms with Gasteiger partial charge in [0.15, 0.2) is 0 Å². The summed E-state index contributed by atoms with van der Waals surface area (Å²) in [4.78, 5) is 17.1. The second-order valence-corrected chi connectivity index (χ2v) is 7.75. The van der Waals surface area contributed by atoms with Crippen LogP contribution in [0.1, 0.15) is 6.42 Å². The van der Waals surface area contributed by atoms with Gasteiger partial charge in [-0.15, -0.1) is 0 Å². The van der Waals surface area contributed by atoms with E-state index < -0.39 is 0 Å². The predicted octanol–water partition coefficient (Wildman–Crippen LogP) is 6.41. The van der Waals surface area contributed by atoms with Gasteiger partial charge in [0.1, 0.15) is 5.75 Å². The smallest absolute Gasteiger partial charge is 0.233 e. The molecular formula is C25H19ClN2O2. The third kappa shape index (κ3) is 3.25. The highest BCUT2D eigenvalue weighted by Crippen LogP contribution is 2.42. The zero-order chi connectivity index (χ0) is 20.7. The lowest BCUT2D eigenvalue weighted by Crippen LogP contribution is -2.25. The van der Waals surface area contributed by atoms with Crippen molar-refractivity contribution in [1.82, 2.24) is 0 Å². The fourth-order valence-electron chi connectivity index (χ4n) is 3.98. The molecule has 0 radical (unpaired) electrons. The van der Waals surface area contributed by atoms with Crippen LogP contribution in [0.15, 0.2) is 84.9 Å². The van der Waals surface area contributed by atoms with E-state index in [9.17, 15) is 9.90 Å². The van der Waals surface area contributed by atoms with Crippen LogP contribution in [0.2, 0.25) is 5.02 Å². The molecule has 0 aromatic heterocycles. The Labute approximate surface area is 179 Å². The lowest BCUT2D eigenvalue weighted by atomic mass is 10.1. The highest BCUT2D eigenvalue weighted by Gasteiger charge is 2.28. The molecule has 0 atom stereocenters. The average molecular weight is 415 g/mol. The summed E-state index contributed by atoms with van der Waals surface area (Å²) in [6, 6.07) is 26.7. The summed E-state index contributed by atoms with van der Waals surface area (Å²) in [6.45, 7) is 0.515. The molecule has 30 heavy (non-hydrogen) atoms. The standard InChI is InChI=1S/C25H19ClN2O2/c26-19-6-12-23-24(16-19)27(20-8-10-22(29)11-9-20)14-13-25(30)28(23)21-7-5-17-3-1-2-4-18(17)15-21/h1-12,15-16,29H,13-14H2. The number of hydrogen-bond donors (Lipinski definition) is 1. The van der Waals surface area contributed by atoms with E-state index >= 15 is 0 Å². The van der Waals surface area contributed by atoms with Crippen LogP contribution >= 0.6 is 11.6 Å². The van der Waals surface area contributed by atoms with E-state index in [0.29, 0.717) is 18.0 Å². The Balaban J connectivity index is 1.68. The zero-order valence-corrected chi connectivity index (χ0v) is 16.9. The van der Waals surface area contributed by atoms with Crippen molar-refractivity contribution in [3.05, 3.63) is 90.0 Å². The minimum Gasteiger partial charge on any atom is -0.508 e. The molecule has 4 nitrogen and oxygen atoms in total. The quantitative estimate of drug-likeness (QED) is 0.412. The van der Waals surface area contributed by atoms with Gasteiger partial charge >= 0.3 is 0 Å². The van der Waals surface area contributed by atoms with Gasteiger partial charge in [-0.25, -0.2) is 0 Å². The maximum absolute atomic E-state index is 13.3. The summed E-state index contributed by atoms with van der Waals surface area (Å²) in [5.74, 6) is 0.226. The van der Waals surface area contributed by atoms with Crippen molar-refractivity contribution in [2.45, 2.75) is 6.42 Å². The number of phenolic OH excluding ortho intramolecular Hbond substituents is 1. The molecule has 0 aliphatic carbocycles. The van der Waals surface area contributed by atoms with Gasteiger partial charge < -0.3 is 10.0 Å². The summed E-state index contributed by atoms with van der Waals surface area (Å²) in [6.07, 6.45) is 0.347. The molecule has 5 heteroatoms. The summed E-state index contributed by atoms with van der Waals surface area (Å²) in [5.41, 5.74) is 3.36. The Morgan fingerprint density at radius 3 is 2.30 bits per heavy atom. The Morgan fingerprint density at radius 1 is 0.767 bits per heavy atom. The number of fused-ring (bicyclic) bond motifs is 2. The number of rotatable bonds is 2. The number of nitrogens with zero attached hydrogens (tertiary/aromatic N) is 2. The van der Waals surface area contributed by atoms with Gasteiger partial charge in [0.2, 0.25) is 5.91 Å². The molecule has 0 saturated carbocycles. The first-order valence-electron chi connectivity index (χ1n) is 9.78. The second kappa shape index (κ2) is 7.39. The minimum atomic E-state index is 0.0233. The molecule has 0 saturated heterocycles. The van der Waals surface area contributed by atoms with Gasteiger partial charge in [0.05, 0.1) is 11.4 Å². The number of phenols is 1. The van der Waals surface area contributed by atoms with Gasteiger partial charge in [-0.1, -0.05) is 41.9 Å². The Bertz CT molecular complexity index is 1250. The van der Waals surface area contributed by atoms with E-state index in [2.05, 4.69) is 11.0 Å². The number of benzene rings is 4. The molecule has 4 aromatic rings. The van der Waals surface area contributed by atoms with E-state index in [-0.39, 0.29) is 11.7 Å². The van der Waals surface area contributed by atoms with Gasteiger partial charge in [-0.3, -0.25) is 9.69 Å². The zero-order valence-electron chi connectivity index (χ0n) is 16.1. The fourth-order valence-corrected chi connectivity index (χ4v) is 4.14. The maximum Gasteiger partial charge on any atom is 0.233 e. The molecule has 0 bridgehead atoms. The van der Waals surface area contributed by atoms with Crippen molar-refractivity contribution in [2.24, 2.45) is 0 Å². The van der Waals surface area contributed by atoms with E-state index in [1.165, 1.54) is 0 Å². The molecule has 1 aliphatic rings. The van der Waals surface area contributed by atoms with E-state index in [1.54, 1.807) is 17.0 Å². The molecular weight excluding hydrogens is 396 g/mol. The molecule has 5 rings (SSSR count). The Hall–Kier alpha value is -3.50. The molecule has 4 aromatic carbocycles. The first-order chi connectivity index (χ1) is 14.6. The first kappa shape index (κ1) is 18.5.